The van der Waals surface area contributed by atoms with Crippen LogP contribution in [-0.2, 0) is 19.1 Å². The molecule has 3 atom stereocenters. The van der Waals surface area contributed by atoms with Crippen LogP contribution in [0.25, 0.3) is 0 Å². The van der Waals surface area contributed by atoms with Crippen LogP contribution in [-0.4, -0.2) is 32.6 Å². The summed E-state index contributed by atoms with van der Waals surface area (Å²) in [7, 11) is 3.00. The minimum Gasteiger partial charge on any atom is -0.469 e. The molecule has 0 aliphatic carbocycles. The van der Waals surface area contributed by atoms with E-state index in [2.05, 4.69) is 0 Å². The van der Waals surface area contributed by atoms with E-state index in [-0.39, 0.29) is 18.0 Å². The highest BCUT2D eigenvalue weighted by atomic mass is 16.5. The van der Waals surface area contributed by atoms with Crippen LogP contribution in [0, 0.1) is 11.3 Å². The molecule has 0 amide bonds. The second kappa shape index (κ2) is 7.43. The van der Waals surface area contributed by atoms with Crippen LogP contribution < -0.4 is 0 Å². The van der Waals surface area contributed by atoms with Gasteiger partial charge in [-0.3, -0.25) is 4.79 Å². The zero-order valence-electron chi connectivity index (χ0n) is 11.5. The first-order valence-corrected chi connectivity index (χ1v) is 6.00. The normalized spacial score (nSPS) is 17.9. The number of methoxy groups -OCH3 is 2. The van der Waals surface area contributed by atoms with Crippen LogP contribution in [0.2, 0.25) is 0 Å². The third kappa shape index (κ3) is 4.86. The van der Waals surface area contributed by atoms with Gasteiger partial charge in [-0.1, -0.05) is 13.8 Å². The van der Waals surface area contributed by atoms with E-state index >= 15 is 0 Å². The second-order valence-corrected chi connectivity index (χ2v) is 4.82. The monoisotopic (exact) mass is 244 g/mol. The molecular formula is C13H24O4. The summed E-state index contributed by atoms with van der Waals surface area (Å²) >= 11 is 0. The molecule has 0 aromatic carbocycles. The van der Waals surface area contributed by atoms with Crippen molar-refractivity contribution >= 4 is 12.3 Å². The van der Waals surface area contributed by atoms with Crippen molar-refractivity contribution in [1.29, 1.82) is 0 Å². The minimum absolute atomic E-state index is 0.0568. The first-order valence-electron chi connectivity index (χ1n) is 6.00. The van der Waals surface area contributed by atoms with Gasteiger partial charge in [-0.25, -0.2) is 0 Å². The summed E-state index contributed by atoms with van der Waals surface area (Å²) in [5, 5.41) is 0. The molecule has 0 bridgehead atoms. The molecule has 0 aromatic rings. The molecular weight excluding hydrogens is 220 g/mol. The number of esters is 1. The quantitative estimate of drug-likeness (QED) is 0.485. The summed E-state index contributed by atoms with van der Waals surface area (Å²) in [6, 6.07) is 0. The largest absolute Gasteiger partial charge is 0.469 e. The predicted octanol–water partition coefficient (Wildman–Crippen LogP) is 2.21. The molecule has 0 aliphatic heterocycles. The summed E-state index contributed by atoms with van der Waals surface area (Å²) in [6.07, 6.45) is 2.71. The van der Waals surface area contributed by atoms with Gasteiger partial charge in [-0.2, -0.15) is 0 Å². The molecule has 0 heterocycles. The van der Waals surface area contributed by atoms with Gasteiger partial charge in [0.05, 0.1) is 18.6 Å². The molecule has 17 heavy (non-hydrogen) atoms. The molecule has 3 unspecified atom stereocenters. The van der Waals surface area contributed by atoms with Gasteiger partial charge in [0.25, 0.3) is 0 Å². The van der Waals surface area contributed by atoms with Gasteiger partial charge in [0.1, 0.15) is 6.29 Å². The first-order chi connectivity index (χ1) is 7.93. The smallest absolute Gasteiger partial charge is 0.311 e. The van der Waals surface area contributed by atoms with Gasteiger partial charge in [-0.15, -0.1) is 0 Å². The molecule has 0 fully saturated rings. The number of carbonyl (C=O) groups excluding carboxylic acids is 2. The zero-order chi connectivity index (χ0) is 13.5. The Hall–Kier alpha value is -0.900. The molecule has 0 aromatic heterocycles. The van der Waals surface area contributed by atoms with E-state index in [1.807, 2.05) is 20.8 Å². The fraction of sp³-hybridized carbons (Fsp3) is 0.846. The van der Waals surface area contributed by atoms with Crippen molar-refractivity contribution in [3.8, 4) is 0 Å². The molecule has 0 N–H and O–H groups in total. The van der Waals surface area contributed by atoms with Crippen molar-refractivity contribution in [3.05, 3.63) is 0 Å². The van der Waals surface area contributed by atoms with Gasteiger partial charge in [-0.05, 0) is 26.2 Å². The molecule has 0 aliphatic rings. The van der Waals surface area contributed by atoms with Crippen molar-refractivity contribution < 1.29 is 19.1 Å². The predicted molar refractivity (Wildman–Crippen MR) is 65.7 cm³/mol. The Balaban J connectivity index is 4.61. The van der Waals surface area contributed by atoms with Crippen LogP contribution in [0.15, 0.2) is 0 Å². The van der Waals surface area contributed by atoms with Gasteiger partial charge in [0.15, 0.2) is 0 Å². The number of hydrogen-bond donors (Lipinski definition) is 0. The highest BCUT2D eigenvalue weighted by Crippen LogP contribution is 2.31. The fourth-order valence-electron chi connectivity index (χ4n) is 1.85. The van der Waals surface area contributed by atoms with E-state index in [4.69, 9.17) is 9.47 Å². The maximum atomic E-state index is 11.7. The van der Waals surface area contributed by atoms with Gasteiger partial charge < -0.3 is 14.3 Å². The van der Waals surface area contributed by atoms with Crippen molar-refractivity contribution in [2.24, 2.45) is 11.3 Å². The molecule has 0 spiro atoms. The lowest BCUT2D eigenvalue weighted by atomic mass is 9.80. The Morgan fingerprint density at radius 3 is 2.35 bits per heavy atom. The highest BCUT2D eigenvalue weighted by molar-refractivity contribution is 5.76. The van der Waals surface area contributed by atoms with Gasteiger partial charge in [0.2, 0.25) is 0 Å². The van der Waals surface area contributed by atoms with Crippen LogP contribution in [0.3, 0.4) is 0 Å². The van der Waals surface area contributed by atoms with Gasteiger partial charge in [0, 0.05) is 13.0 Å². The van der Waals surface area contributed by atoms with E-state index in [9.17, 15) is 9.59 Å². The fourth-order valence-corrected chi connectivity index (χ4v) is 1.85. The summed E-state index contributed by atoms with van der Waals surface area (Å²) in [5.74, 6) is -0.278. The number of rotatable bonds is 8. The van der Waals surface area contributed by atoms with E-state index in [0.29, 0.717) is 19.3 Å². The molecule has 4 heteroatoms. The van der Waals surface area contributed by atoms with Crippen molar-refractivity contribution in [3.63, 3.8) is 0 Å². The lowest BCUT2D eigenvalue weighted by Gasteiger charge is -2.29. The molecule has 0 saturated heterocycles. The molecule has 100 valence electrons. The van der Waals surface area contributed by atoms with Crippen molar-refractivity contribution in [2.75, 3.05) is 14.2 Å². The Bertz CT molecular complexity index is 252. The summed E-state index contributed by atoms with van der Waals surface area (Å²) < 4.78 is 10.2. The number of carbonyl (C=O) groups is 2. The van der Waals surface area contributed by atoms with Gasteiger partial charge >= 0.3 is 5.97 Å². The van der Waals surface area contributed by atoms with Crippen LogP contribution in [0.4, 0.5) is 0 Å². The number of hydrogen-bond acceptors (Lipinski definition) is 4. The van der Waals surface area contributed by atoms with Crippen LogP contribution in [0.1, 0.15) is 40.0 Å². The summed E-state index contributed by atoms with van der Waals surface area (Å²) in [6.45, 7) is 5.67. The third-order valence-corrected chi connectivity index (χ3v) is 3.34. The molecule has 0 radical (unpaired) electrons. The average molecular weight is 244 g/mol. The standard InChI is InChI=1S/C13H24O4/c1-6-13(3,12(15)17-5)8-11(16-4)7-10(2)9-14/h9-11H,6-8H2,1-5H3. The number of aldehydes is 1. The maximum absolute atomic E-state index is 11.7. The number of ether oxygens (including phenoxy) is 2. The Labute approximate surface area is 104 Å². The Kier molecular flexibility index (Phi) is 7.04. The Morgan fingerprint density at radius 1 is 1.41 bits per heavy atom. The minimum atomic E-state index is -0.544. The zero-order valence-corrected chi connectivity index (χ0v) is 11.5. The lowest BCUT2D eigenvalue weighted by molar-refractivity contribution is -0.154. The first kappa shape index (κ1) is 16.1. The van der Waals surface area contributed by atoms with Crippen molar-refractivity contribution in [1.82, 2.24) is 0 Å². The van der Waals surface area contributed by atoms with Crippen LogP contribution >= 0.6 is 0 Å². The summed E-state index contributed by atoms with van der Waals surface area (Å²) in [4.78, 5) is 22.4. The van der Waals surface area contributed by atoms with E-state index in [0.717, 1.165) is 6.29 Å². The Morgan fingerprint density at radius 2 is 2.00 bits per heavy atom. The van der Waals surface area contributed by atoms with E-state index in [1.54, 1.807) is 7.11 Å². The molecule has 4 nitrogen and oxygen atoms in total. The van der Waals surface area contributed by atoms with Crippen molar-refractivity contribution in [2.45, 2.75) is 46.1 Å². The SMILES string of the molecule is CCC(C)(CC(CC(C)C=O)OC)C(=O)OC. The molecule has 0 rings (SSSR count). The molecule has 0 saturated carbocycles. The lowest BCUT2D eigenvalue weighted by Crippen LogP contribution is -2.34. The highest BCUT2D eigenvalue weighted by Gasteiger charge is 2.35. The maximum Gasteiger partial charge on any atom is 0.311 e. The van der Waals surface area contributed by atoms with E-state index < -0.39 is 5.41 Å². The third-order valence-electron chi connectivity index (χ3n) is 3.34. The van der Waals surface area contributed by atoms with E-state index in [1.165, 1.54) is 7.11 Å². The second-order valence-electron chi connectivity index (χ2n) is 4.82. The summed E-state index contributed by atoms with van der Waals surface area (Å²) in [5.41, 5.74) is -0.544. The van der Waals surface area contributed by atoms with Crippen LogP contribution in [0.5, 0.6) is 0 Å². The topological polar surface area (TPSA) is 52.6 Å². The average Bonchev–Trinajstić information content (AvgIpc) is 2.36.